The normalized spacial score (nSPS) is 32.3. The topological polar surface area (TPSA) is 38.5 Å². The maximum Gasteiger partial charge on any atom is 0.0670 e. The first-order valence-electron chi connectivity index (χ1n) is 5.14. The number of likely N-dealkylation sites (tertiary alicyclic amines) is 1. The molecule has 1 saturated heterocycles. The molecule has 1 aliphatic rings. The van der Waals surface area contributed by atoms with Crippen LogP contribution < -0.4 is 5.73 Å². The molecule has 2 N–H and O–H groups in total. The van der Waals surface area contributed by atoms with Crippen LogP contribution in [0.4, 0.5) is 0 Å². The van der Waals surface area contributed by atoms with E-state index in [1.807, 2.05) is 0 Å². The molecule has 78 valence electrons. The van der Waals surface area contributed by atoms with Crippen LogP contribution in [0.15, 0.2) is 0 Å². The summed E-state index contributed by atoms with van der Waals surface area (Å²) in [7, 11) is 1.77. The Morgan fingerprint density at radius 2 is 2.31 bits per heavy atom. The highest BCUT2D eigenvalue weighted by atomic mass is 16.5. The van der Waals surface area contributed by atoms with E-state index in [0.717, 1.165) is 19.6 Å². The SMILES string of the molecule is COC(C)CN1CC(CN)CC1C. The quantitative estimate of drug-likeness (QED) is 0.702. The first-order valence-corrected chi connectivity index (χ1v) is 5.14. The lowest BCUT2D eigenvalue weighted by atomic mass is 10.1. The Labute approximate surface area is 81.2 Å². The van der Waals surface area contributed by atoms with E-state index in [9.17, 15) is 0 Å². The van der Waals surface area contributed by atoms with Gasteiger partial charge in [0.1, 0.15) is 0 Å². The molecule has 0 aliphatic carbocycles. The molecule has 13 heavy (non-hydrogen) atoms. The second-order valence-corrected chi connectivity index (χ2v) is 4.19. The van der Waals surface area contributed by atoms with Gasteiger partial charge in [-0.15, -0.1) is 0 Å². The molecule has 1 fully saturated rings. The smallest absolute Gasteiger partial charge is 0.0670 e. The van der Waals surface area contributed by atoms with Crippen molar-refractivity contribution in [2.24, 2.45) is 11.7 Å². The molecule has 1 heterocycles. The summed E-state index contributed by atoms with van der Waals surface area (Å²) in [5, 5.41) is 0. The molecular weight excluding hydrogens is 164 g/mol. The molecule has 0 bridgehead atoms. The summed E-state index contributed by atoms with van der Waals surface area (Å²) in [6.45, 7) is 7.39. The molecule has 1 rings (SSSR count). The van der Waals surface area contributed by atoms with E-state index in [2.05, 4.69) is 18.7 Å². The summed E-state index contributed by atoms with van der Waals surface area (Å²) in [5.41, 5.74) is 5.66. The van der Waals surface area contributed by atoms with Gasteiger partial charge in [0.25, 0.3) is 0 Å². The predicted molar refractivity (Wildman–Crippen MR) is 54.7 cm³/mol. The number of ether oxygens (including phenoxy) is 1. The lowest BCUT2D eigenvalue weighted by Crippen LogP contribution is -2.34. The van der Waals surface area contributed by atoms with Crippen molar-refractivity contribution in [2.75, 3.05) is 26.7 Å². The van der Waals surface area contributed by atoms with E-state index in [4.69, 9.17) is 10.5 Å². The van der Waals surface area contributed by atoms with Crippen LogP contribution in [-0.4, -0.2) is 43.8 Å². The first-order chi connectivity index (χ1) is 6.17. The van der Waals surface area contributed by atoms with Gasteiger partial charge in [-0.05, 0) is 32.7 Å². The minimum absolute atomic E-state index is 0.332. The average molecular weight is 186 g/mol. The van der Waals surface area contributed by atoms with Gasteiger partial charge in [-0.1, -0.05) is 0 Å². The van der Waals surface area contributed by atoms with Crippen LogP contribution in [0.3, 0.4) is 0 Å². The number of rotatable bonds is 4. The highest BCUT2D eigenvalue weighted by Crippen LogP contribution is 2.22. The van der Waals surface area contributed by atoms with Crippen LogP contribution in [0, 0.1) is 5.92 Å². The van der Waals surface area contributed by atoms with Gasteiger partial charge in [-0.2, -0.15) is 0 Å². The summed E-state index contributed by atoms with van der Waals surface area (Å²) in [4.78, 5) is 2.48. The largest absolute Gasteiger partial charge is 0.380 e. The molecule has 0 aromatic heterocycles. The van der Waals surface area contributed by atoms with E-state index in [0.29, 0.717) is 18.1 Å². The van der Waals surface area contributed by atoms with Crippen LogP contribution in [-0.2, 0) is 4.74 Å². The maximum absolute atomic E-state index is 5.66. The zero-order valence-electron chi connectivity index (χ0n) is 8.99. The van der Waals surface area contributed by atoms with E-state index < -0.39 is 0 Å². The fourth-order valence-corrected chi connectivity index (χ4v) is 2.05. The zero-order chi connectivity index (χ0) is 9.84. The molecule has 0 saturated carbocycles. The number of hydrogen-bond acceptors (Lipinski definition) is 3. The number of hydrogen-bond donors (Lipinski definition) is 1. The Hall–Kier alpha value is -0.120. The van der Waals surface area contributed by atoms with Gasteiger partial charge >= 0.3 is 0 Å². The van der Waals surface area contributed by atoms with Crippen molar-refractivity contribution in [1.82, 2.24) is 4.90 Å². The van der Waals surface area contributed by atoms with Crippen molar-refractivity contribution < 1.29 is 4.74 Å². The number of methoxy groups -OCH3 is 1. The third kappa shape index (κ3) is 2.93. The average Bonchev–Trinajstić information content (AvgIpc) is 2.47. The van der Waals surface area contributed by atoms with Crippen molar-refractivity contribution in [2.45, 2.75) is 32.4 Å². The lowest BCUT2D eigenvalue weighted by Gasteiger charge is -2.24. The fraction of sp³-hybridized carbons (Fsp3) is 1.00. The zero-order valence-corrected chi connectivity index (χ0v) is 8.99. The van der Waals surface area contributed by atoms with Crippen LogP contribution in [0.25, 0.3) is 0 Å². The molecule has 0 amide bonds. The molecular formula is C10H22N2O. The van der Waals surface area contributed by atoms with Crippen LogP contribution in [0.2, 0.25) is 0 Å². The predicted octanol–water partition coefficient (Wildman–Crippen LogP) is 0.690. The van der Waals surface area contributed by atoms with Gasteiger partial charge in [0.15, 0.2) is 0 Å². The number of nitrogens with two attached hydrogens (primary N) is 1. The molecule has 0 radical (unpaired) electrons. The number of nitrogens with zero attached hydrogens (tertiary/aromatic N) is 1. The Balaban J connectivity index is 2.34. The summed E-state index contributed by atoms with van der Waals surface area (Å²) in [6, 6.07) is 0.672. The monoisotopic (exact) mass is 186 g/mol. The van der Waals surface area contributed by atoms with Gasteiger partial charge in [-0.3, -0.25) is 4.90 Å². The Morgan fingerprint density at radius 1 is 1.62 bits per heavy atom. The van der Waals surface area contributed by atoms with Gasteiger partial charge < -0.3 is 10.5 Å². The Bertz CT molecular complexity index is 152. The standard InChI is InChI=1S/C10H22N2O/c1-8-4-10(5-11)7-12(8)6-9(2)13-3/h8-10H,4-7,11H2,1-3H3. The summed E-state index contributed by atoms with van der Waals surface area (Å²) < 4.78 is 5.26. The fourth-order valence-electron chi connectivity index (χ4n) is 2.05. The minimum atomic E-state index is 0.332. The second kappa shape index (κ2) is 4.94. The Kier molecular flexibility index (Phi) is 4.16. The van der Waals surface area contributed by atoms with Crippen LogP contribution >= 0.6 is 0 Å². The molecule has 0 aromatic carbocycles. The van der Waals surface area contributed by atoms with Crippen molar-refractivity contribution >= 4 is 0 Å². The highest BCUT2D eigenvalue weighted by Gasteiger charge is 2.28. The van der Waals surface area contributed by atoms with Crippen LogP contribution in [0.1, 0.15) is 20.3 Å². The summed E-state index contributed by atoms with van der Waals surface area (Å²) in [6.07, 6.45) is 1.58. The maximum atomic E-state index is 5.66. The molecule has 3 heteroatoms. The van der Waals surface area contributed by atoms with Crippen molar-refractivity contribution in [3.05, 3.63) is 0 Å². The third-order valence-corrected chi connectivity index (χ3v) is 3.02. The van der Waals surface area contributed by atoms with Gasteiger partial charge in [0.05, 0.1) is 6.10 Å². The molecule has 3 unspecified atom stereocenters. The molecule has 0 spiro atoms. The van der Waals surface area contributed by atoms with E-state index >= 15 is 0 Å². The third-order valence-electron chi connectivity index (χ3n) is 3.02. The minimum Gasteiger partial charge on any atom is -0.380 e. The van der Waals surface area contributed by atoms with Crippen LogP contribution in [0.5, 0.6) is 0 Å². The van der Waals surface area contributed by atoms with Crippen molar-refractivity contribution in [1.29, 1.82) is 0 Å². The molecule has 3 nitrogen and oxygen atoms in total. The van der Waals surface area contributed by atoms with Gasteiger partial charge in [-0.25, -0.2) is 0 Å². The summed E-state index contributed by atoms with van der Waals surface area (Å²) in [5.74, 6) is 0.694. The lowest BCUT2D eigenvalue weighted by molar-refractivity contribution is 0.0740. The van der Waals surface area contributed by atoms with Gasteiger partial charge in [0.2, 0.25) is 0 Å². The highest BCUT2D eigenvalue weighted by molar-refractivity contribution is 4.83. The van der Waals surface area contributed by atoms with Gasteiger partial charge in [0, 0.05) is 26.2 Å². The molecule has 3 atom stereocenters. The first kappa shape index (κ1) is 11.0. The second-order valence-electron chi connectivity index (χ2n) is 4.19. The van der Waals surface area contributed by atoms with E-state index in [-0.39, 0.29) is 0 Å². The van der Waals surface area contributed by atoms with Crippen molar-refractivity contribution in [3.8, 4) is 0 Å². The molecule has 1 aliphatic heterocycles. The van der Waals surface area contributed by atoms with E-state index in [1.54, 1.807) is 7.11 Å². The van der Waals surface area contributed by atoms with E-state index in [1.165, 1.54) is 6.42 Å². The van der Waals surface area contributed by atoms with Crippen molar-refractivity contribution in [3.63, 3.8) is 0 Å². The Morgan fingerprint density at radius 3 is 2.77 bits per heavy atom. The molecule has 0 aromatic rings. The summed E-state index contributed by atoms with van der Waals surface area (Å²) >= 11 is 0.